The molecular weight excluding hydrogens is 974 g/mol. The van der Waals surface area contributed by atoms with Crippen LogP contribution in [0.1, 0.15) is 51.7 Å². The van der Waals surface area contributed by atoms with Crippen molar-refractivity contribution in [3.63, 3.8) is 0 Å². The third kappa shape index (κ3) is 7.11. The van der Waals surface area contributed by atoms with Crippen molar-refractivity contribution in [1.82, 2.24) is 9.13 Å². The second kappa shape index (κ2) is 17.8. The predicted octanol–water partition coefficient (Wildman–Crippen LogP) is 18.2. The zero-order chi connectivity index (χ0) is 53.4. The lowest BCUT2D eigenvalue weighted by Crippen LogP contribution is -2.59. The fraction of sp³-hybridized carbons (Fsp3) is 0.108. The fourth-order valence-electron chi connectivity index (χ4n) is 13.4. The van der Waals surface area contributed by atoms with Crippen LogP contribution in [-0.4, -0.2) is 15.8 Å². The van der Waals surface area contributed by atoms with Gasteiger partial charge in [0.15, 0.2) is 0 Å². The number of aromatic nitrogens is 2. The van der Waals surface area contributed by atoms with Gasteiger partial charge in [-0.15, -0.1) is 0 Å². The van der Waals surface area contributed by atoms with Crippen molar-refractivity contribution in [2.75, 3.05) is 4.90 Å². The summed E-state index contributed by atoms with van der Waals surface area (Å²) in [4.78, 5) is 2.58. The molecule has 0 unspecified atom stereocenters. The number of furan rings is 1. The molecule has 0 radical (unpaired) electrons. The summed E-state index contributed by atoms with van der Waals surface area (Å²) in [6.07, 6.45) is 3.06. The summed E-state index contributed by atoms with van der Waals surface area (Å²) in [5.41, 5.74) is 22.7. The number of ether oxygens (including phenoxy) is 1. The molecule has 3 aromatic heterocycles. The minimum Gasteiger partial charge on any atom is -0.458 e. The molecule has 6 heteroatoms. The first kappa shape index (κ1) is 46.6. The number of anilines is 3. The highest BCUT2D eigenvalue weighted by atomic mass is 16.5. The number of para-hydroxylation sites is 3. The number of nitrogens with zero attached hydrogens (tertiary/aromatic N) is 3. The second-order valence-corrected chi connectivity index (χ2v) is 23.1. The van der Waals surface area contributed by atoms with Crippen LogP contribution in [0.25, 0.3) is 99.2 Å². The van der Waals surface area contributed by atoms with E-state index in [1.54, 1.807) is 0 Å². The number of benzene rings is 11. The van der Waals surface area contributed by atoms with Gasteiger partial charge in [-0.05, 0) is 147 Å². The molecule has 0 bridgehead atoms. The van der Waals surface area contributed by atoms with Gasteiger partial charge in [0.2, 0.25) is 0 Å². The van der Waals surface area contributed by atoms with Crippen molar-refractivity contribution in [3.05, 3.63) is 242 Å². The lowest BCUT2D eigenvalue weighted by Gasteiger charge is -2.42. The molecular formula is C74H56BN3O2. The molecule has 80 heavy (non-hydrogen) atoms. The molecule has 0 saturated heterocycles. The SMILES string of the molecule is CCCCc1cc2c(cc1N1c3cc(-n4c5ccccc5c5cc(-c6ccccc6)ccc54)ccc3B3c4ccc(-n5c6ccccc6c6cc(-c7ccccc7)ccc65)cc4Oc4cc(C(C)(C)C)cc1c43)oc1ccccc12. The zero-order valence-electron chi connectivity index (χ0n) is 45.3. The van der Waals surface area contributed by atoms with Crippen LogP contribution in [0.4, 0.5) is 17.1 Å². The first-order valence-corrected chi connectivity index (χ1v) is 28.3. The number of hydrogen-bond acceptors (Lipinski definition) is 3. The van der Waals surface area contributed by atoms with E-state index in [4.69, 9.17) is 9.15 Å². The Bertz CT molecular complexity index is 4850. The average molecular weight is 1030 g/mol. The van der Waals surface area contributed by atoms with E-state index in [2.05, 4.69) is 272 Å². The van der Waals surface area contributed by atoms with Crippen molar-refractivity contribution < 1.29 is 9.15 Å². The maximum absolute atomic E-state index is 7.46. The van der Waals surface area contributed by atoms with E-state index in [-0.39, 0.29) is 12.1 Å². The number of aryl methyl sites for hydroxylation is 1. The molecule has 0 fully saturated rings. The van der Waals surface area contributed by atoms with Crippen LogP contribution in [0, 0.1) is 0 Å². The van der Waals surface area contributed by atoms with Gasteiger partial charge in [0.05, 0.1) is 27.8 Å². The molecule has 0 spiro atoms. The van der Waals surface area contributed by atoms with Crippen molar-refractivity contribution >= 4 is 106 Å². The molecule has 0 amide bonds. The van der Waals surface area contributed by atoms with E-state index in [1.165, 1.54) is 76.9 Å². The Morgan fingerprint density at radius 2 is 0.988 bits per heavy atom. The number of unbranched alkanes of at least 4 members (excludes halogenated alkanes) is 1. The van der Waals surface area contributed by atoms with Gasteiger partial charge in [-0.1, -0.05) is 174 Å². The van der Waals surface area contributed by atoms with Crippen LogP contribution in [0.2, 0.25) is 0 Å². The summed E-state index contributed by atoms with van der Waals surface area (Å²) in [5.74, 6) is 1.77. The Balaban J connectivity index is 0.947. The van der Waals surface area contributed by atoms with Gasteiger partial charge in [0.1, 0.15) is 22.7 Å². The van der Waals surface area contributed by atoms with Gasteiger partial charge in [-0.3, -0.25) is 0 Å². The van der Waals surface area contributed by atoms with Gasteiger partial charge >= 0.3 is 0 Å². The van der Waals surface area contributed by atoms with E-state index in [0.717, 1.165) is 97.6 Å². The molecule has 14 aromatic rings. The highest BCUT2D eigenvalue weighted by Gasteiger charge is 2.44. The molecule has 382 valence electrons. The summed E-state index contributed by atoms with van der Waals surface area (Å²) in [6.45, 7) is 9.12. The van der Waals surface area contributed by atoms with Crippen molar-refractivity contribution in [3.8, 4) is 45.1 Å². The summed E-state index contributed by atoms with van der Waals surface area (Å²) in [6, 6.07) is 85.2. The highest BCUT2D eigenvalue weighted by Crippen LogP contribution is 2.48. The van der Waals surface area contributed by atoms with Gasteiger partial charge in [0.25, 0.3) is 6.71 Å². The van der Waals surface area contributed by atoms with Gasteiger partial charge < -0.3 is 23.2 Å². The predicted molar refractivity (Wildman–Crippen MR) is 336 cm³/mol. The standard InChI is InChI=1S/C74H56BN3O2/c1-5-6-19-50-40-59-56-26-15-18-29-69(56)79-70(59)45-66(50)78-67-43-52(76-62-27-16-13-24-54(62)57-38-48(30-36-64(57)76)46-20-9-7-10-21-46)32-34-60(67)75-61-35-33-53(44-71(61)80-72-42-51(74(2,3)4)41-68(78)73(72)75)77-63-28-17-14-25-55(63)58-39-49(31-37-65(58)77)47-22-11-8-12-23-47/h7-18,20-45H,5-6,19H2,1-4H3. The third-order valence-electron chi connectivity index (χ3n) is 17.3. The van der Waals surface area contributed by atoms with Gasteiger partial charge in [-0.25, -0.2) is 0 Å². The number of rotatable bonds is 8. The molecule has 5 nitrogen and oxygen atoms in total. The maximum atomic E-state index is 7.46. The Morgan fingerprint density at radius 1 is 0.412 bits per heavy atom. The Morgan fingerprint density at radius 3 is 1.62 bits per heavy atom. The van der Waals surface area contributed by atoms with Crippen LogP contribution < -0.4 is 26.0 Å². The monoisotopic (exact) mass is 1030 g/mol. The molecule has 16 rings (SSSR count). The molecule has 2 aliphatic heterocycles. The summed E-state index contributed by atoms with van der Waals surface area (Å²) in [5, 5.41) is 7.20. The second-order valence-electron chi connectivity index (χ2n) is 23.1. The molecule has 0 saturated carbocycles. The number of fused-ring (bicyclic) bond motifs is 13. The fourth-order valence-corrected chi connectivity index (χ4v) is 13.4. The smallest absolute Gasteiger partial charge is 0.256 e. The van der Waals surface area contributed by atoms with E-state index in [9.17, 15) is 0 Å². The van der Waals surface area contributed by atoms with Crippen molar-refractivity contribution in [2.24, 2.45) is 0 Å². The van der Waals surface area contributed by atoms with E-state index < -0.39 is 0 Å². The van der Waals surface area contributed by atoms with Crippen LogP contribution in [0.3, 0.4) is 0 Å². The first-order valence-electron chi connectivity index (χ1n) is 28.3. The minimum atomic E-state index is -0.197. The molecule has 0 N–H and O–H groups in total. The topological polar surface area (TPSA) is 35.5 Å². The van der Waals surface area contributed by atoms with Crippen molar-refractivity contribution in [1.29, 1.82) is 0 Å². The Labute approximate surface area is 465 Å². The normalized spacial score (nSPS) is 12.9. The Kier molecular flexibility index (Phi) is 10.3. The quantitative estimate of drug-likeness (QED) is 0.142. The van der Waals surface area contributed by atoms with Gasteiger partial charge in [-0.2, -0.15) is 0 Å². The molecule has 2 aliphatic rings. The van der Waals surface area contributed by atoms with Crippen LogP contribution >= 0.6 is 0 Å². The molecule has 0 atom stereocenters. The Hall–Kier alpha value is -9.52. The third-order valence-corrected chi connectivity index (χ3v) is 17.3. The number of hydrogen-bond donors (Lipinski definition) is 0. The lowest BCUT2D eigenvalue weighted by atomic mass is 9.34. The van der Waals surface area contributed by atoms with E-state index in [1.807, 2.05) is 0 Å². The molecule has 11 aromatic carbocycles. The van der Waals surface area contributed by atoms with Crippen molar-refractivity contribution in [2.45, 2.75) is 52.4 Å². The summed E-state index contributed by atoms with van der Waals surface area (Å²) >= 11 is 0. The van der Waals surface area contributed by atoms with Crippen LogP contribution in [0.5, 0.6) is 11.5 Å². The zero-order valence-corrected chi connectivity index (χ0v) is 45.3. The van der Waals surface area contributed by atoms with E-state index >= 15 is 0 Å². The molecule has 0 aliphatic carbocycles. The first-order chi connectivity index (χ1) is 39.3. The van der Waals surface area contributed by atoms with E-state index in [0.29, 0.717) is 0 Å². The summed E-state index contributed by atoms with van der Waals surface area (Å²) in [7, 11) is 0. The highest BCUT2D eigenvalue weighted by molar-refractivity contribution is 6.99. The average Bonchev–Trinajstić information content (AvgIpc) is 4.01. The van der Waals surface area contributed by atoms with Crippen LogP contribution in [-0.2, 0) is 11.8 Å². The maximum Gasteiger partial charge on any atom is 0.256 e. The summed E-state index contributed by atoms with van der Waals surface area (Å²) < 4.78 is 19.2. The van der Waals surface area contributed by atoms with Gasteiger partial charge in [0, 0.05) is 67.2 Å². The molecule has 5 heterocycles. The largest absolute Gasteiger partial charge is 0.458 e. The lowest BCUT2D eigenvalue weighted by molar-refractivity contribution is 0.483. The van der Waals surface area contributed by atoms with Crippen LogP contribution in [0.15, 0.2) is 235 Å². The minimum absolute atomic E-state index is 0.126.